The molecule has 4 heteroatoms. The predicted molar refractivity (Wildman–Crippen MR) is 97.1 cm³/mol. The highest BCUT2D eigenvalue weighted by Crippen LogP contribution is 2.24. The lowest BCUT2D eigenvalue weighted by Crippen LogP contribution is -2.02. The molecule has 0 saturated carbocycles. The first-order chi connectivity index (χ1) is 11.1. The van der Waals surface area contributed by atoms with Crippen molar-refractivity contribution in [1.82, 2.24) is 4.98 Å². The van der Waals surface area contributed by atoms with Gasteiger partial charge in [0.2, 0.25) is 0 Å². The van der Waals surface area contributed by atoms with Crippen LogP contribution in [0.4, 0.5) is 5.69 Å². The number of anilines is 1. The SMILES string of the molecule is Cc1ccc(C)c(OCCc2nc(-c3ccc(N)cc3)cs2)c1. The zero-order chi connectivity index (χ0) is 16.2. The summed E-state index contributed by atoms with van der Waals surface area (Å²) in [4.78, 5) is 4.68. The van der Waals surface area contributed by atoms with Crippen LogP contribution in [0.3, 0.4) is 0 Å². The van der Waals surface area contributed by atoms with Gasteiger partial charge in [0.1, 0.15) is 5.75 Å². The van der Waals surface area contributed by atoms with Gasteiger partial charge in [0.25, 0.3) is 0 Å². The predicted octanol–water partition coefficient (Wildman–Crippen LogP) is 4.63. The molecular weight excluding hydrogens is 304 g/mol. The van der Waals surface area contributed by atoms with Crippen molar-refractivity contribution in [3.63, 3.8) is 0 Å². The fraction of sp³-hybridized carbons (Fsp3) is 0.211. The molecule has 23 heavy (non-hydrogen) atoms. The summed E-state index contributed by atoms with van der Waals surface area (Å²) >= 11 is 1.67. The highest BCUT2D eigenvalue weighted by molar-refractivity contribution is 7.09. The number of ether oxygens (including phenoxy) is 1. The van der Waals surface area contributed by atoms with Gasteiger partial charge in [-0.2, -0.15) is 0 Å². The van der Waals surface area contributed by atoms with E-state index in [9.17, 15) is 0 Å². The van der Waals surface area contributed by atoms with Gasteiger partial charge in [0.15, 0.2) is 0 Å². The molecule has 118 valence electrons. The zero-order valence-electron chi connectivity index (χ0n) is 13.4. The summed E-state index contributed by atoms with van der Waals surface area (Å²) in [6.45, 7) is 4.78. The Morgan fingerprint density at radius 2 is 1.87 bits per heavy atom. The van der Waals surface area contributed by atoms with E-state index in [1.807, 2.05) is 24.3 Å². The van der Waals surface area contributed by atoms with Gasteiger partial charge in [0, 0.05) is 23.1 Å². The van der Waals surface area contributed by atoms with Gasteiger partial charge in [-0.1, -0.05) is 24.3 Å². The minimum Gasteiger partial charge on any atom is -0.493 e. The quantitative estimate of drug-likeness (QED) is 0.696. The second-order valence-corrected chi connectivity index (χ2v) is 6.56. The lowest BCUT2D eigenvalue weighted by atomic mass is 10.1. The molecule has 0 aliphatic rings. The Labute approximate surface area is 140 Å². The third-order valence-corrected chi connectivity index (χ3v) is 4.58. The van der Waals surface area contributed by atoms with E-state index < -0.39 is 0 Å². The molecule has 3 nitrogen and oxygen atoms in total. The standard InChI is InChI=1S/C19H20N2OS/c1-13-3-4-14(2)18(11-13)22-10-9-19-21-17(12-23-19)15-5-7-16(20)8-6-15/h3-8,11-12H,9-10,20H2,1-2H3. The van der Waals surface area contributed by atoms with E-state index in [0.717, 1.165) is 39.7 Å². The van der Waals surface area contributed by atoms with Gasteiger partial charge in [-0.25, -0.2) is 4.98 Å². The second-order valence-electron chi connectivity index (χ2n) is 5.62. The largest absolute Gasteiger partial charge is 0.493 e. The van der Waals surface area contributed by atoms with Crippen molar-refractivity contribution >= 4 is 17.0 Å². The Bertz CT molecular complexity index is 793. The first-order valence-electron chi connectivity index (χ1n) is 7.62. The zero-order valence-corrected chi connectivity index (χ0v) is 14.2. The molecule has 0 aliphatic heterocycles. The molecule has 1 heterocycles. The van der Waals surface area contributed by atoms with Crippen LogP contribution >= 0.6 is 11.3 Å². The Morgan fingerprint density at radius 1 is 1.09 bits per heavy atom. The average Bonchev–Trinajstić information content (AvgIpc) is 3.00. The van der Waals surface area contributed by atoms with Gasteiger partial charge < -0.3 is 10.5 Å². The normalized spacial score (nSPS) is 10.7. The minimum atomic E-state index is 0.638. The van der Waals surface area contributed by atoms with Crippen molar-refractivity contribution in [3.8, 4) is 17.0 Å². The highest BCUT2D eigenvalue weighted by Gasteiger charge is 2.06. The van der Waals surface area contributed by atoms with Crippen molar-refractivity contribution < 1.29 is 4.74 Å². The topological polar surface area (TPSA) is 48.1 Å². The summed E-state index contributed by atoms with van der Waals surface area (Å²) in [6.07, 6.45) is 0.813. The van der Waals surface area contributed by atoms with Crippen LogP contribution in [0.5, 0.6) is 5.75 Å². The lowest BCUT2D eigenvalue weighted by Gasteiger charge is -2.09. The molecule has 0 spiro atoms. The first kappa shape index (κ1) is 15.6. The maximum Gasteiger partial charge on any atom is 0.122 e. The fourth-order valence-electron chi connectivity index (χ4n) is 2.32. The monoisotopic (exact) mass is 324 g/mol. The molecule has 0 fully saturated rings. The Hall–Kier alpha value is -2.33. The minimum absolute atomic E-state index is 0.638. The summed E-state index contributed by atoms with van der Waals surface area (Å²) in [6, 6.07) is 14.1. The maximum absolute atomic E-state index is 5.90. The van der Waals surface area contributed by atoms with E-state index in [1.54, 1.807) is 11.3 Å². The molecular formula is C19H20N2OS. The van der Waals surface area contributed by atoms with Crippen LogP contribution in [0.1, 0.15) is 16.1 Å². The van der Waals surface area contributed by atoms with E-state index in [-0.39, 0.29) is 0 Å². The molecule has 0 amide bonds. The number of hydrogen-bond donors (Lipinski definition) is 1. The fourth-order valence-corrected chi connectivity index (χ4v) is 3.11. The summed E-state index contributed by atoms with van der Waals surface area (Å²) in [5, 5.41) is 3.17. The van der Waals surface area contributed by atoms with Crippen LogP contribution < -0.4 is 10.5 Å². The van der Waals surface area contributed by atoms with Gasteiger partial charge in [-0.3, -0.25) is 0 Å². The number of nitrogens with two attached hydrogens (primary N) is 1. The summed E-state index contributed by atoms with van der Waals surface area (Å²) < 4.78 is 5.90. The van der Waals surface area contributed by atoms with Gasteiger partial charge in [-0.05, 0) is 43.2 Å². The summed E-state index contributed by atoms with van der Waals surface area (Å²) in [5.41, 5.74) is 11.0. The number of benzene rings is 2. The molecule has 3 rings (SSSR count). The lowest BCUT2D eigenvalue weighted by molar-refractivity contribution is 0.319. The van der Waals surface area contributed by atoms with E-state index in [4.69, 9.17) is 10.5 Å². The Kier molecular flexibility index (Phi) is 4.63. The summed E-state index contributed by atoms with van der Waals surface area (Å²) in [7, 11) is 0. The first-order valence-corrected chi connectivity index (χ1v) is 8.50. The smallest absolute Gasteiger partial charge is 0.122 e. The third kappa shape index (κ3) is 3.90. The van der Waals surface area contributed by atoms with Gasteiger partial charge >= 0.3 is 0 Å². The van der Waals surface area contributed by atoms with E-state index in [0.29, 0.717) is 6.61 Å². The van der Waals surface area contributed by atoms with Crippen molar-refractivity contribution in [2.45, 2.75) is 20.3 Å². The molecule has 3 aromatic rings. The molecule has 0 bridgehead atoms. The van der Waals surface area contributed by atoms with Gasteiger partial charge in [-0.15, -0.1) is 11.3 Å². The maximum atomic E-state index is 5.90. The van der Waals surface area contributed by atoms with Crippen LogP contribution in [-0.2, 0) is 6.42 Å². The third-order valence-electron chi connectivity index (χ3n) is 3.68. The van der Waals surface area contributed by atoms with Crippen molar-refractivity contribution in [1.29, 1.82) is 0 Å². The number of nitrogens with zero attached hydrogens (tertiary/aromatic N) is 1. The van der Waals surface area contributed by atoms with Crippen molar-refractivity contribution in [3.05, 3.63) is 64.0 Å². The van der Waals surface area contributed by atoms with E-state index >= 15 is 0 Å². The second kappa shape index (κ2) is 6.84. The molecule has 0 unspecified atom stereocenters. The number of nitrogen functional groups attached to an aromatic ring is 1. The highest BCUT2D eigenvalue weighted by atomic mass is 32.1. The molecule has 2 aromatic carbocycles. The van der Waals surface area contributed by atoms with Crippen LogP contribution in [0.2, 0.25) is 0 Å². The Balaban J connectivity index is 1.61. The number of aromatic nitrogens is 1. The van der Waals surface area contributed by atoms with Crippen LogP contribution in [0, 0.1) is 13.8 Å². The van der Waals surface area contributed by atoms with E-state index in [1.165, 1.54) is 5.56 Å². The number of rotatable bonds is 5. The van der Waals surface area contributed by atoms with Crippen molar-refractivity contribution in [2.24, 2.45) is 0 Å². The Morgan fingerprint density at radius 3 is 2.65 bits per heavy atom. The average molecular weight is 324 g/mol. The molecule has 0 radical (unpaired) electrons. The van der Waals surface area contributed by atoms with Crippen LogP contribution in [0.25, 0.3) is 11.3 Å². The molecule has 0 aliphatic carbocycles. The van der Waals surface area contributed by atoms with Crippen LogP contribution in [0.15, 0.2) is 47.8 Å². The number of aryl methyl sites for hydroxylation is 2. The molecule has 2 N–H and O–H groups in total. The molecule has 0 atom stereocenters. The molecule has 0 saturated heterocycles. The van der Waals surface area contributed by atoms with Crippen LogP contribution in [-0.4, -0.2) is 11.6 Å². The van der Waals surface area contributed by atoms with E-state index in [2.05, 4.69) is 42.4 Å². The van der Waals surface area contributed by atoms with Crippen molar-refractivity contribution in [2.75, 3.05) is 12.3 Å². The summed E-state index contributed by atoms with van der Waals surface area (Å²) in [5.74, 6) is 0.959. The number of thiazole rings is 1. The van der Waals surface area contributed by atoms with Gasteiger partial charge in [0.05, 0.1) is 17.3 Å². The molecule has 1 aromatic heterocycles. The number of hydrogen-bond acceptors (Lipinski definition) is 4.